The second-order valence-electron chi connectivity index (χ2n) is 12.5. The van der Waals surface area contributed by atoms with Crippen LogP contribution >= 0.6 is 0 Å². The zero-order chi connectivity index (χ0) is 32.6. The smallest absolute Gasteiger partial charge is 0.337 e. The molecule has 2 aromatic heterocycles. The highest BCUT2D eigenvalue weighted by Gasteiger charge is 2.34. The first kappa shape index (κ1) is 31.2. The summed E-state index contributed by atoms with van der Waals surface area (Å²) in [5, 5.41) is 11.5. The van der Waals surface area contributed by atoms with E-state index in [9.17, 15) is 14.3 Å². The van der Waals surface area contributed by atoms with Gasteiger partial charge in [0.1, 0.15) is 17.3 Å². The molecule has 0 unspecified atom stereocenters. The van der Waals surface area contributed by atoms with Crippen LogP contribution in [0.2, 0.25) is 0 Å². The van der Waals surface area contributed by atoms with Crippen LogP contribution in [0.15, 0.2) is 72.9 Å². The van der Waals surface area contributed by atoms with Crippen LogP contribution in [0.25, 0.3) is 33.2 Å². The molecule has 0 aliphatic carbocycles. The molecule has 0 fully saturated rings. The molecular weight excluding hydrogens is 583 g/mol. The number of pyridine rings is 2. The van der Waals surface area contributed by atoms with Gasteiger partial charge in [-0.2, -0.15) is 0 Å². The lowest BCUT2D eigenvalue weighted by Crippen LogP contribution is -2.28. The Kier molecular flexibility index (Phi) is 8.49. The van der Waals surface area contributed by atoms with E-state index in [2.05, 4.69) is 0 Å². The van der Waals surface area contributed by atoms with Crippen LogP contribution in [0.4, 0.5) is 4.39 Å². The minimum absolute atomic E-state index is 0.264. The number of hydrogen-bond donors (Lipinski definition) is 1. The van der Waals surface area contributed by atoms with E-state index in [0.717, 1.165) is 56.6 Å². The van der Waals surface area contributed by atoms with Crippen molar-refractivity contribution in [1.82, 2.24) is 9.97 Å². The molecule has 7 nitrogen and oxygen atoms in total. The van der Waals surface area contributed by atoms with Crippen molar-refractivity contribution < 1.29 is 28.5 Å². The van der Waals surface area contributed by atoms with Crippen molar-refractivity contribution in [3.8, 4) is 33.8 Å². The van der Waals surface area contributed by atoms with Gasteiger partial charge in [-0.1, -0.05) is 24.3 Å². The van der Waals surface area contributed by atoms with E-state index in [4.69, 9.17) is 24.2 Å². The Morgan fingerprint density at radius 3 is 2.41 bits per heavy atom. The Balaban J connectivity index is 1.49. The third-order valence-electron chi connectivity index (χ3n) is 8.12. The van der Waals surface area contributed by atoms with Crippen LogP contribution in [0.3, 0.4) is 0 Å². The molecule has 1 N–H and O–H groups in total. The summed E-state index contributed by atoms with van der Waals surface area (Å²) in [4.78, 5) is 22.6. The van der Waals surface area contributed by atoms with Gasteiger partial charge >= 0.3 is 5.97 Å². The van der Waals surface area contributed by atoms with Gasteiger partial charge in [-0.15, -0.1) is 0 Å². The molecule has 236 valence electrons. The third-order valence-corrected chi connectivity index (χ3v) is 8.12. The molecule has 0 bridgehead atoms. The summed E-state index contributed by atoms with van der Waals surface area (Å²) >= 11 is 0. The fourth-order valence-electron chi connectivity index (χ4n) is 6.16. The number of carboxylic acid groups (broad SMARTS) is 1. The van der Waals surface area contributed by atoms with Crippen molar-refractivity contribution in [3.05, 3.63) is 107 Å². The van der Waals surface area contributed by atoms with Crippen LogP contribution < -0.4 is 9.47 Å². The summed E-state index contributed by atoms with van der Waals surface area (Å²) in [6.45, 7) is 10.3. The molecule has 1 atom stereocenters. The lowest BCUT2D eigenvalue weighted by Gasteiger charge is -2.29. The predicted octanol–water partition coefficient (Wildman–Crippen LogP) is 8.22. The second kappa shape index (κ2) is 12.5. The van der Waals surface area contributed by atoms with Crippen LogP contribution in [-0.2, 0) is 22.4 Å². The first-order chi connectivity index (χ1) is 22.0. The fraction of sp³-hybridized carbons (Fsp3) is 0.289. The van der Waals surface area contributed by atoms with Crippen LogP contribution in [-0.4, -0.2) is 39.9 Å². The maximum absolute atomic E-state index is 13.3. The molecular formula is C38H37FN2O5. The molecule has 0 spiro atoms. The number of nitrogens with zero attached hydrogens (tertiary/aromatic N) is 2. The molecule has 46 heavy (non-hydrogen) atoms. The molecule has 5 aromatic rings. The summed E-state index contributed by atoms with van der Waals surface area (Å²) in [6, 6.07) is 20.0. The second-order valence-corrected chi connectivity index (χ2v) is 12.5. The quantitative estimate of drug-likeness (QED) is 0.178. The molecule has 3 aromatic carbocycles. The molecule has 6 rings (SSSR count). The highest BCUT2D eigenvalue weighted by molar-refractivity contribution is 6.04. The predicted molar refractivity (Wildman–Crippen MR) is 176 cm³/mol. The van der Waals surface area contributed by atoms with Crippen molar-refractivity contribution in [2.45, 2.75) is 59.2 Å². The summed E-state index contributed by atoms with van der Waals surface area (Å²) in [6.07, 6.45) is 1.92. The first-order valence-corrected chi connectivity index (χ1v) is 15.4. The molecule has 1 aliphatic heterocycles. The minimum atomic E-state index is -1.28. The number of aromatic nitrogens is 2. The van der Waals surface area contributed by atoms with E-state index < -0.39 is 17.7 Å². The molecule has 8 heteroatoms. The van der Waals surface area contributed by atoms with Crippen molar-refractivity contribution in [2.75, 3.05) is 13.2 Å². The van der Waals surface area contributed by atoms with Gasteiger partial charge in [-0.25, -0.2) is 9.18 Å². The summed E-state index contributed by atoms with van der Waals surface area (Å²) < 4.78 is 31.5. The van der Waals surface area contributed by atoms with Crippen LogP contribution in [0.1, 0.15) is 55.0 Å². The summed E-state index contributed by atoms with van der Waals surface area (Å²) in [5.41, 5.74) is 7.08. The van der Waals surface area contributed by atoms with Gasteiger partial charge in [0.15, 0.2) is 6.10 Å². The lowest BCUT2D eigenvalue weighted by molar-refractivity contribution is -0.160. The first-order valence-electron chi connectivity index (χ1n) is 15.4. The Morgan fingerprint density at radius 1 is 0.978 bits per heavy atom. The van der Waals surface area contributed by atoms with Gasteiger partial charge in [0.2, 0.25) is 0 Å². The van der Waals surface area contributed by atoms with E-state index in [-0.39, 0.29) is 5.82 Å². The number of carbonyl (C=O) groups is 1. The maximum atomic E-state index is 13.3. The van der Waals surface area contributed by atoms with Crippen molar-refractivity contribution in [3.63, 3.8) is 0 Å². The molecule has 1 aliphatic rings. The Morgan fingerprint density at radius 2 is 1.72 bits per heavy atom. The van der Waals surface area contributed by atoms with Crippen LogP contribution in [0.5, 0.6) is 11.5 Å². The number of carboxylic acids is 1. The standard InChI is InChI=1S/C38H37FN2O5/c1-22-31(25-8-12-28(13-9-25)44-20-17-24-6-10-27(39)11-7-24)34(32(23(2)41-22)36(37(42)43)46-38(3,4)5)29-14-15-30-33-26(18-21-45-30)16-19-40-35(29)33/h6-16,19,36H,17-18,20-21H2,1-5H3,(H,42,43)/t36-/m0/s1. The molecule has 0 amide bonds. The third kappa shape index (κ3) is 6.30. The Bertz CT molecular complexity index is 1900. The van der Waals surface area contributed by atoms with Gasteiger partial charge in [0, 0.05) is 58.1 Å². The van der Waals surface area contributed by atoms with E-state index in [0.29, 0.717) is 42.2 Å². The van der Waals surface area contributed by atoms with E-state index in [1.54, 1.807) is 18.3 Å². The zero-order valence-corrected chi connectivity index (χ0v) is 26.7. The van der Waals surface area contributed by atoms with Gasteiger partial charge in [0.05, 0.1) is 24.3 Å². The van der Waals surface area contributed by atoms with Crippen molar-refractivity contribution >= 4 is 16.9 Å². The number of aliphatic carboxylic acids is 1. The van der Waals surface area contributed by atoms with Gasteiger partial charge < -0.3 is 19.3 Å². The average molecular weight is 621 g/mol. The number of benzene rings is 3. The highest BCUT2D eigenvalue weighted by Crippen LogP contribution is 2.46. The largest absolute Gasteiger partial charge is 0.493 e. The van der Waals surface area contributed by atoms with Crippen molar-refractivity contribution in [2.24, 2.45) is 0 Å². The Hall–Kier alpha value is -4.82. The van der Waals surface area contributed by atoms with Crippen molar-refractivity contribution in [1.29, 1.82) is 0 Å². The van der Waals surface area contributed by atoms with E-state index >= 15 is 0 Å². The van der Waals surface area contributed by atoms with E-state index in [1.807, 2.05) is 77.1 Å². The molecule has 3 heterocycles. The molecule has 0 saturated carbocycles. The number of rotatable bonds is 9. The zero-order valence-electron chi connectivity index (χ0n) is 26.7. The number of aryl methyl sites for hydroxylation is 2. The summed E-state index contributed by atoms with van der Waals surface area (Å²) in [7, 11) is 0. The SMILES string of the molecule is Cc1nc(C)c([C@H](OC(C)(C)C)C(=O)O)c(-c2ccc3c4c(ccnc24)CCO3)c1-c1ccc(OCCc2ccc(F)cc2)cc1. The van der Waals surface area contributed by atoms with E-state index in [1.165, 1.54) is 12.1 Å². The van der Waals surface area contributed by atoms with Gasteiger partial charge in [0.25, 0.3) is 0 Å². The molecule has 0 saturated heterocycles. The lowest BCUT2D eigenvalue weighted by atomic mass is 9.85. The Labute approximate surface area is 268 Å². The average Bonchev–Trinajstić information content (AvgIpc) is 3.01. The maximum Gasteiger partial charge on any atom is 0.337 e. The minimum Gasteiger partial charge on any atom is -0.493 e. The monoisotopic (exact) mass is 620 g/mol. The number of halogens is 1. The fourth-order valence-corrected chi connectivity index (χ4v) is 6.16. The van der Waals surface area contributed by atoms with Gasteiger partial charge in [-0.3, -0.25) is 9.97 Å². The summed E-state index contributed by atoms with van der Waals surface area (Å²) in [5.74, 6) is 0.0895. The van der Waals surface area contributed by atoms with Gasteiger partial charge in [-0.05, 0) is 93.8 Å². The highest BCUT2D eigenvalue weighted by atomic mass is 19.1. The number of hydrogen-bond acceptors (Lipinski definition) is 6. The topological polar surface area (TPSA) is 90.8 Å². The number of ether oxygens (including phenoxy) is 3. The molecule has 0 radical (unpaired) electrons. The normalized spacial score (nSPS) is 13.3. The van der Waals surface area contributed by atoms with Crippen LogP contribution in [0, 0.1) is 19.7 Å².